The fraction of sp³-hybridized carbons (Fsp3) is 0.789. The minimum atomic E-state index is 0. The summed E-state index contributed by atoms with van der Waals surface area (Å²) in [4.78, 5) is 11.6. The third-order valence-electron chi connectivity index (χ3n) is 4.72. The van der Waals surface area contributed by atoms with E-state index in [2.05, 4.69) is 53.7 Å². The first kappa shape index (κ1) is 22.3. The SMILES string of the molecule is CCNC(=NCCCCn1ccnc1C)N1CCC(CC(C)C)C1.I. The van der Waals surface area contributed by atoms with Crippen LogP contribution in [0.2, 0.25) is 0 Å². The molecule has 2 heterocycles. The Hall–Kier alpha value is -0.790. The van der Waals surface area contributed by atoms with Crippen molar-refractivity contribution in [3.8, 4) is 0 Å². The van der Waals surface area contributed by atoms with Gasteiger partial charge in [0.25, 0.3) is 0 Å². The minimum absolute atomic E-state index is 0. The van der Waals surface area contributed by atoms with Crippen molar-refractivity contribution in [1.82, 2.24) is 19.8 Å². The summed E-state index contributed by atoms with van der Waals surface area (Å²) in [6.07, 6.45) is 8.84. The number of aliphatic imine (C=N–C) groups is 1. The number of hydrogen-bond donors (Lipinski definition) is 1. The average molecular weight is 461 g/mol. The van der Waals surface area contributed by atoms with E-state index in [0.717, 1.165) is 69.2 Å². The molecular weight excluding hydrogens is 425 g/mol. The lowest BCUT2D eigenvalue weighted by atomic mass is 9.97. The molecule has 2 rings (SSSR count). The highest BCUT2D eigenvalue weighted by atomic mass is 127. The van der Waals surface area contributed by atoms with E-state index in [1.165, 1.54) is 12.8 Å². The van der Waals surface area contributed by atoms with Crippen LogP contribution in [0.5, 0.6) is 0 Å². The summed E-state index contributed by atoms with van der Waals surface area (Å²) in [5, 5.41) is 3.47. The van der Waals surface area contributed by atoms with Crippen molar-refractivity contribution < 1.29 is 0 Å². The van der Waals surface area contributed by atoms with Gasteiger partial charge in [0.15, 0.2) is 5.96 Å². The molecule has 144 valence electrons. The highest BCUT2D eigenvalue weighted by Gasteiger charge is 2.25. The zero-order valence-corrected chi connectivity index (χ0v) is 18.7. The molecular formula is C19H36IN5. The number of rotatable bonds is 8. The maximum Gasteiger partial charge on any atom is 0.193 e. The van der Waals surface area contributed by atoms with Crippen molar-refractivity contribution >= 4 is 29.9 Å². The van der Waals surface area contributed by atoms with Crippen LogP contribution in [-0.4, -0.2) is 46.6 Å². The van der Waals surface area contributed by atoms with Gasteiger partial charge in [0, 0.05) is 45.1 Å². The van der Waals surface area contributed by atoms with Crippen molar-refractivity contribution in [2.45, 2.75) is 59.9 Å². The molecule has 0 amide bonds. The van der Waals surface area contributed by atoms with Gasteiger partial charge in [0.2, 0.25) is 0 Å². The number of imidazole rings is 1. The Morgan fingerprint density at radius 3 is 2.84 bits per heavy atom. The summed E-state index contributed by atoms with van der Waals surface area (Å²) in [5.74, 6) is 3.84. The zero-order chi connectivity index (χ0) is 17.4. The summed E-state index contributed by atoms with van der Waals surface area (Å²) in [7, 11) is 0. The molecule has 5 nitrogen and oxygen atoms in total. The molecule has 1 unspecified atom stereocenters. The van der Waals surface area contributed by atoms with Crippen molar-refractivity contribution in [3.63, 3.8) is 0 Å². The third-order valence-corrected chi connectivity index (χ3v) is 4.72. The van der Waals surface area contributed by atoms with Gasteiger partial charge in [0.1, 0.15) is 5.82 Å². The lowest BCUT2D eigenvalue weighted by molar-refractivity contribution is 0.403. The number of aromatic nitrogens is 2. The third kappa shape index (κ3) is 7.54. The van der Waals surface area contributed by atoms with Crippen LogP contribution in [-0.2, 0) is 6.54 Å². The minimum Gasteiger partial charge on any atom is -0.357 e. The van der Waals surface area contributed by atoms with Gasteiger partial charge in [-0.3, -0.25) is 4.99 Å². The molecule has 0 spiro atoms. The van der Waals surface area contributed by atoms with Crippen molar-refractivity contribution in [2.75, 3.05) is 26.2 Å². The number of nitrogens with one attached hydrogen (secondary N) is 1. The molecule has 1 aromatic heterocycles. The quantitative estimate of drug-likeness (QED) is 0.276. The Morgan fingerprint density at radius 1 is 1.40 bits per heavy atom. The second-order valence-electron chi connectivity index (χ2n) is 7.34. The fourth-order valence-electron chi connectivity index (χ4n) is 3.53. The molecule has 0 aromatic carbocycles. The molecule has 25 heavy (non-hydrogen) atoms. The largest absolute Gasteiger partial charge is 0.357 e. The van der Waals surface area contributed by atoms with E-state index < -0.39 is 0 Å². The van der Waals surface area contributed by atoms with Crippen molar-refractivity contribution in [2.24, 2.45) is 16.8 Å². The van der Waals surface area contributed by atoms with Gasteiger partial charge in [-0.1, -0.05) is 13.8 Å². The van der Waals surface area contributed by atoms with Crippen LogP contribution in [0.25, 0.3) is 0 Å². The van der Waals surface area contributed by atoms with Crippen LogP contribution in [0.15, 0.2) is 17.4 Å². The molecule has 1 aliphatic rings. The van der Waals surface area contributed by atoms with Crippen LogP contribution < -0.4 is 5.32 Å². The van der Waals surface area contributed by atoms with Gasteiger partial charge in [-0.05, 0) is 51.4 Å². The second-order valence-corrected chi connectivity index (χ2v) is 7.34. The lowest BCUT2D eigenvalue weighted by Gasteiger charge is -2.22. The maximum atomic E-state index is 4.86. The van der Waals surface area contributed by atoms with Crippen LogP contribution in [0.1, 0.15) is 52.3 Å². The van der Waals surface area contributed by atoms with E-state index in [0.29, 0.717) is 0 Å². The number of likely N-dealkylation sites (tertiary alicyclic amines) is 1. The molecule has 1 fully saturated rings. The van der Waals surface area contributed by atoms with E-state index in [4.69, 9.17) is 4.99 Å². The Kier molecular flexibility index (Phi) is 10.5. The standard InChI is InChI=1S/C19H35N5.HI/c1-5-20-19(24-12-8-18(15-24)14-16(2)3)22-9-6-7-11-23-13-10-21-17(23)4;/h10,13,16,18H,5-9,11-12,14-15H2,1-4H3,(H,20,22);1H. The Balaban J connectivity index is 0.00000312. The van der Waals surface area contributed by atoms with Gasteiger partial charge in [-0.25, -0.2) is 4.98 Å². The maximum absolute atomic E-state index is 4.86. The van der Waals surface area contributed by atoms with Gasteiger partial charge in [-0.2, -0.15) is 0 Å². The van der Waals surface area contributed by atoms with Gasteiger partial charge in [-0.15, -0.1) is 24.0 Å². The van der Waals surface area contributed by atoms with Gasteiger partial charge >= 0.3 is 0 Å². The highest BCUT2D eigenvalue weighted by molar-refractivity contribution is 14.0. The molecule has 0 saturated carbocycles. The first-order valence-electron chi connectivity index (χ1n) is 9.61. The molecule has 1 saturated heterocycles. The molecule has 1 atom stereocenters. The molecule has 0 aliphatic carbocycles. The highest BCUT2D eigenvalue weighted by Crippen LogP contribution is 2.23. The molecule has 6 heteroatoms. The summed E-state index contributed by atoms with van der Waals surface area (Å²) in [5.41, 5.74) is 0. The van der Waals surface area contributed by atoms with Crippen LogP contribution >= 0.6 is 24.0 Å². The summed E-state index contributed by atoms with van der Waals surface area (Å²) in [6.45, 7) is 14.1. The monoisotopic (exact) mass is 461 g/mol. The lowest BCUT2D eigenvalue weighted by Crippen LogP contribution is -2.40. The van der Waals surface area contributed by atoms with E-state index >= 15 is 0 Å². The van der Waals surface area contributed by atoms with Crippen LogP contribution in [0.4, 0.5) is 0 Å². The number of unbranched alkanes of at least 4 members (excludes halogenated alkanes) is 1. The van der Waals surface area contributed by atoms with Gasteiger partial charge < -0.3 is 14.8 Å². The Labute approximate surface area is 170 Å². The van der Waals surface area contributed by atoms with E-state index in [-0.39, 0.29) is 24.0 Å². The zero-order valence-electron chi connectivity index (χ0n) is 16.4. The number of nitrogens with zero attached hydrogens (tertiary/aromatic N) is 4. The number of guanidine groups is 1. The molecule has 1 N–H and O–H groups in total. The summed E-state index contributed by atoms with van der Waals surface area (Å²) < 4.78 is 2.21. The smallest absolute Gasteiger partial charge is 0.193 e. The number of hydrogen-bond acceptors (Lipinski definition) is 2. The van der Waals surface area contributed by atoms with E-state index in [1.807, 2.05) is 6.20 Å². The molecule has 1 aromatic rings. The molecule has 0 bridgehead atoms. The Morgan fingerprint density at radius 2 is 2.20 bits per heavy atom. The van der Waals surface area contributed by atoms with Crippen molar-refractivity contribution in [3.05, 3.63) is 18.2 Å². The Bertz CT molecular complexity index is 512. The van der Waals surface area contributed by atoms with E-state index in [9.17, 15) is 0 Å². The fourth-order valence-corrected chi connectivity index (χ4v) is 3.53. The summed E-state index contributed by atoms with van der Waals surface area (Å²) in [6, 6.07) is 0. The predicted molar refractivity (Wildman–Crippen MR) is 117 cm³/mol. The second kappa shape index (κ2) is 11.8. The summed E-state index contributed by atoms with van der Waals surface area (Å²) >= 11 is 0. The van der Waals surface area contributed by atoms with Gasteiger partial charge in [0.05, 0.1) is 0 Å². The normalized spacial score (nSPS) is 17.9. The topological polar surface area (TPSA) is 45.5 Å². The van der Waals surface area contributed by atoms with Crippen LogP contribution in [0.3, 0.4) is 0 Å². The average Bonchev–Trinajstić information content (AvgIpc) is 3.15. The first-order chi connectivity index (χ1) is 11.6. The number of halogens is 1. The number of aryl methyl sites for hydroxylation is 2. The molecule has 0 radical (unpaired) electrons. The van der Waals surface area contributed by atoms with Crippen LogP contribution in [0, 0.1) is 18.8 Å². The van der Waals surface area contributed by atoms with E-state index in [1.54, 1.807) is 0 Å². The predicted octanol–water partition coefficient (Wildman–Crippen LogP) is 3.92. The molecule has 1 aliphatic heterocycles. The van der Waals surface area contributed by atoms with Crippen molar-refractivity contribution in [1.29, 1.82) is 0 Å². The first-order valence-corrected chi connectivity index (χ1v) is 9.61.